The number of nitrogens with zero attached hydrogens (tertiary/aromatic N) is 1. The van der Waals surface area contributed by atoms with Crippen LogP contribution in [-0.2, 0) is 4.79 Å². The number of rotatable bonds is 5. The summed E-state index contributed by atoms with van der Waals surface area (Å²) in [6, 6.07) is 9.09. The van der Waals surface area contributed by atoms with Gasteiger partial charge in [0.05, 0.1) is 5.41 Å². The second-order valence-corrected chi connectivity index (χ2v) is 5.31. The minimum absolute atomic E-state index is 0.00195. The highest BCUT2D eigenvalue weighted by Gasteiger charge is 2.37. The van der Waals surface area contributed by atoms with Crippen LogP contribution >= 0.6 is 0 Å². The Labute approximate surface area is 125 Å². The number of carbonyl (C=O) groups is 1. The Kier molecular flexibility index (Phi) is 5.18. The standard InChI is InChI=1S/C16H21N3O2/c1-2-16(6-9-18-10-7-16)15(20)19-13-4-3-5-14(12-13)21-11-8-17/h3-5,12,18H,2,6-7,9-11H2,1H3,(H,19,20). The van der Waals surface area contributed by atoms with Gasteiger partial charge in [-0.3, -0.25) is 4.79 Å². The molecule has 0 bridgehead atoms. The predicted molar refractivity (Wildman–Crippen MR) is 81.0 cm³/mol. The van der Waals surface area contributed by atoms with Crippen molar-refractivity contribution in [3.8, 4) is 11.8 Å². The summed E-state index contributed by atoms with van der Waals surface area (Å²) < 4.78 is 5.25. The highest BCUT2D eigenvalue weighted by molar-refractivity contribution is 5.95. The average molecular weight is 287 g/mol. The maximum atomic E-state index is 12.6. The first-order valence-corrected chi connectivity index (χ1v) is 7.32. The first-order chi connectivity index (χ1) is 10.2. The molecule has 21 heavy (non-hydrogen) atoms. The number of ether oxygens (including phenoxy) is 1. The smallest absolute Gasteiger partial charge is 0.230 e. The first kappa shape index (κ1) is 15.3. The molecule has 0 radical (unpaired) electrons. The van der Waals surface area contributed by atoms with Gasteiger partial charge in [0.15, 0.2) is 6.61 Å². The molecule has 0 aliphatic carbocycles. The predicted octanol–water partition coefficient (Wildman–Crippen LogP) is 2.31. The van der Waals surface area contributed by atoms with Gasteiger partial charge in [0.1, 0.15) is 11.8 Å². The number of nitriles is 1. The summed E-state index contributed by atoms with van der Waals surface area (Å²) >= 11 is 0. The van der Waals surface area contributed by atoms with E-state index in [2.05, 4.69) is 17.6 Å². The highest BCUT2D eigenvalue weighted by Crippen LogP contribution is 2.34. The number of carbonyl (C=O) groups excluding carboxylic acids is 1. The number of piperidine rings is 1. The molecule has 1 aliphatic heterocycles. The lowest BCUT2D eigenvalue weighted by molar-refractivity contribution is -0.127. The molecule has 2 N–H and O–H groups in total. The molecule has 0 saturated carbocycles. The van der Waals surface area contributed by atoms with Crippen molar-refractivity contribution in [2.75, 3.05) is 25.0 Å². The van der Waals surface area contributed by atoms with E-state index in [4.69, 9.17) is 10.00 Å². The summed E-state index contributed by atoms with van der Waals surface area (Å²) in [7, 11) is 0. The van der Waals surface area contributed by atoms with E-state index in [1.807, 2.05) is 18.2 Å². The van der Waals surface area contributed by atoms with Crippen LogP contribution in [0.3, 0.4) is 0 Å². The van der Waals surface area contributed by atoms with E-state index in [1.54, 1.807) is 12.1 Å². The van der Waals surface area contributed by atoms with E-state index in [0.29, 0.717) is 11.4 Å². The van der Waals surface area contributed by atoms with Crippen molar-refractivity contribution in [1.82, 2.24) is 5.32 Å². The zero-order chi connectivity index (χ0) is 15.1. The van der Waals surface area contributed by atoms with Crippen LogP contribution < -0.4 is 15.4 Å². The van der Waals surface area contributed by atoms with Crippen LogP contribution in [0.1, 0.15) is 26.2 Å². The van der Waals surface area contributed by atoms with E-state index in [9.17, 15) is 4.79 Å². The molecule has 0 spiro atoms. The summed E-state index contributed by atoms with van der Waals surface area (Å²) in [5.74, 6) is 0.661. The molecule has 0 aromatic heterocycles. The Bertz CT molecular complexity index is 531. The van der Waals surface area contributed by atoms with Crippen molar-refractivity contribution in [2.24, 2.45) is 5.41 Å². The van der Waals surface area contributed by atoms with Crippen molar-refractivity contribution in [1.29, 1.82) is 5.26 Å². The van der Waals surface area contributed by atoms with Crippen LogP contribution in [0.25, 0.3) is 0 Å². The Morgan fingerprint density at radius 3 is 2.90 bits per heavy atom. The second kappa shape index (κ2) is 7.09. The SMILES string of the molecule is CCC1(C(=O)Nc2cccc(OCC#N)c2)CCNCC1. The lowest BCUT2D eigenvalue weighted by Gasteiger charge is -2.35. The van der Waals surface area contributed by atoms with Gasteiger partial charge in [-0.05, 0) is 44.5 Å². The van der Waals surface area contributed by atoms with Gasteiger partial charge < -0.3 is 15.4 Å². The summed E-state index contributed by atoms with van der Waals surface area (Å²) in [4.78, 5) is 12.6. The molecule has 5 heteroatoms. The van der Waals surface area contributed by atoms with Crippen molar-refractivity contribution < 1.29 is 9.53 Å². The Balaban J connectivity index is 2.06. The van der Waals surface area contributed by atoms with E-state index in [0.717, 1.165) is 32.4 Å². The number of amides is 1. The Morgan fingerprint density at radius 1 is 1.48 bits per heavy atom. The van der Waals surface area contributed by atoms with E-state index < -0.39 is 0 Å². The first-order valence-electron chi connectivity index (χ1n) is 7.32. The fourth-order valence-corrected chi connectivity index (χ4v) is 2.69. The van der Waals surface area contributed by atoms with Gasteiger partial charge in [0.25, 0.3) is 0 Å². The monoisotopic (exact) mass is 287 g/mol. The lowest BCUT2D eigenvalue weighted by atomic mass is 9.76. The Morgan fingerprint density at radius 2 is 2.24 bits per heavy atom. The number of benzene rings is 1. The van der Waals surface area contributed by atoms with Gasteiger partial charge in [-0.1, -0.05) is 13.0 Å². The number of nitrogens with one attached hydrogen (secondary N) is 2. The third-order valence-electron chi connectivity index (χ3n) is 4.11. The van der Waals surface area contributed by atoms with Crippen molar-refractivity contribution in [3.05, 3.63) is 24.3 Å². The summed E-state index contributed by atoms with van der Waals surface area (Å²) in [6.45, 7) is 3.83. The van der Waals surface area contributed by atoms with Crippen LogP contribution in [0.15, 0.2) is 24.3 Å². The maximum absolute atomic E-state index is 12.6. The number of hydrogen-bond acceptors (Lipinski definition) is 4. The molecule has 0 atom stereocenters. The summed E-state index contributed by atoms with van der Waals surface area (Å²) in [5.41, 5.74) is 0.427. The molecule has 1 heterocycles. The van der Waals surface area contributed by atoms with E-state index in [1.165, 1.54) is 0 Å². The van der Waals surface area contributed by atoms with Crippen LogP contribution in [0.4, 0.5) is 5.69 Å². The Hall–Kier alpha value is -2.06. The topological polar surface area (TPSA) is 74.1 Å². The molecule has 1 aromatic rings. The van der Waals surface area contributed by atoms with E-state index >= 15 is 0 Å². The molecule has 1 aromatic carbocycles. The van der Waals surface area contributed by atoms with Crippen molar-refractivity contribution >= 4 is 11.6 Å². The average Bonchev–Trinajstić information content (AvgIpc) is 2.54. The maximum Gasteiger partial charge on any atom is 0.230 e. The molecular weight excluding hydrogens is 266 g/mol. The molecular formula is C16H21N3O2. The van der Waals surface area contributed by atoms with Gasteiger partial charge >= 0.3 is 0 Å². The molecule has 5 nitrogen and oxygen atoms in total. The minimum Gasteiger partial charge on any atom is -0.479 e. The van der Waals surface area contributed by atoms with Crippen LogP contribution in [-0.4, -0.2) is 25.6 Å². The van der Waals surface area contributed by atoms with E-state index in [-0.39, 0.29) is 17.9 Å². The number of hydrogen-bond donors (Lipinski definition) is 2. The molecule has 1 fully saturated rings. The molecule has 2 rings (SSSR count). The molecule has 1 amide bonds. The molecule has 1 saturated heterocycles. The van der Waals surface area contributed by atoms with Gasteiger partial charge in [0.2, 0.25) is 5.91 Å². The fraction of sp³-hybridized carbons (Fsp3) is 0.500. The second-order valence-electron chi connectivity index (χ2n) is 5.31. The molecule has 0 unspecified atom stereocenters. The van der Waals surface area contributed by atoms with Crippen LogP contribution in [0.5, 0.6) is 5.75 Å². The van der Waals surface area contributed by atoms with Crippen LogP contribution in [0.2, 0.25) is 0 Å². The van der Waals surface area contributed by atoms with Gasteiger partial charge in [-0.25, -0.2) is 0 Å². The van der Waals surface area contributed by atoms with Crippen LogP contribution in [0, 0.1) is 16.7 Å². The van der Waals surface area contributed by atoms with Gasteiger partial charge in [-0.15, -0.1) is 0 Å². The fourth-order valence-electron chi connectivity index (χ4n) is 2.69. The molecule has 112 valence electrons. The zero-order valence-electron chi connectivity index (χ0n) is 12.3. The van der Waals surface area contributed by atoms with Gasteiger partial charge in [0, 0.05) is 11.8 Å². The number of anilines is 1. The third-order valence-corrected chi connectivity index (χ3v) is 4.11. The largest absolute Gasteiger partial charge is 0.479 e. The highest BCUT2D eigenvalue weighted by atomic mass is 16.5. The van der Waals surface area contributed by atoms with Gasteiger partial charge in [-0.2, -0.15) is 5.26 Å². The summed E-state index contributed by atoms with van der Waals surface area (Å²) in [5, 5.41) is 14.8. The lowest BCUT2D eigenvalue weighted by Crippen LogP contribution is -2.44. The molecule has 1 aliphatic rings. The normalized spacial score (nSPS) is 16.8. The minimum atomic E-state index is -0.283. The quantitative estimate of drug-likeness (QED) is 0.871. The van der Waals surface area contributed by atoms with Crippen molar-refractivity contribution in [2.45, 2.75) is 26.2 Å². The zero-order valence-corrected chi connectivity index (χ0v) is 12.3. The third kappa shape index (κ3) is 3.73. The van der Waals surface area contributed by atoms with Crippen molar-refractivity contribution in [3.63, 3.8) is 0 Å². The summed E-state index contributed by atoms with van der Waals surface area (Å²) in [6.07, 6.45) is 2.56.